The van der Waals surface area contributed by atoms with Gasteiger partial charge in [-0.3, -0.25) is 0 Å². The number of hydrogen-bond donors (Lipinski definition) is 0. The lowest BCUT2D eigenvalue weighted by Gasteiger charge is -1.92. The number of rotatable bonds is 2. The first-order valence-electron chi connectivity index (χ1n) is 2.60. The minimum absolute atomic E-state index is 0.422. The number of halogens is 3. The summed E-state index contributed by atoms with van der Waals surface area (Å²) in [7, 11) is 0. The van der Waals surface area contributed by atoms with Crippen LogP contribution >= 0.6 is 34.8 Å². The predicted octanol–water partition coefficient (Wildman–Crippen LogP) is 2.81. The molecule has 1 aliphatic rings. The average molecular weight is 173 g/mol. The molecule has 1 aliphatic carbocycles. The highest BCUT2D eigenvalue weighted by molar-refractivity contribution is 6.50. The van der Waals surface area contributed by atoms with E-state index in [0.29, 0.717) is 11.8 Å². The van der Waals surface area contributed by atoms with E-state index in [0.717, 1.165) is 12.8 Å². The second kappa shape index (κ2) is 2.24. The van der Waals surface area contributed by atoms with Crippen molar-refractivity contribution in [1.29, 1.82) is 0 Å². The Labute approximate surface area is 64.1 Å². The summed E-state index contributed by atoms with van der Waals surface area (Å²) < 4.78 is -0.422. The average Bonchev–Trinajstić information content (AvgIpc) is 2.15. The molecule has 0 heterocycles. The summed E-state index contributed by atoms with van der Waals surface area (Å²) in [6, 6.07) is 0. The van der Waals surface area contributed by atoms with E-state index >= 15 is 0 Å². The maximum atomic E-state index is 5.69. The van der Waals surface area contributed by atoms with Crippen LogP contribution < -0.4 is 0 Å². The summed E-state index contributed by atoms with van der Waals surface area (Å²) >= 11 is 16.8. The van der Waals surface area contributed by atoms with Crippen molar-refractivity contribution in [2.24, 2.45) is 5.92 Å². The summed E-state index contributed by atoms with van der Waals surface area (Å²) in [6.45, 7) is 0. The van der Waals surface area contributed by atoms with Gasteiger partial charge in [0.05, 0.1) is 0 Å². The van der Waals surface area contributed by atoms with E-state index in [2.05, 4.69) is 0 Å². The topological polar surface area (TPSA) is 0 Å². The van der Waals surface area contributed by atoms with E-state index < -0.39 is 4.33 Å². The van der Waals surface area contributed by atoms with E-state index in [1.54, 1.807) is 0 Å². The molecule has 0 radical (unpaired) electrons. The summed E-state index contributed by atoms with van der Waals surface area (Å²) in [6.07, 6.45) is 1.87. The molecule has 3 heteroatoms. The molecule has 0 aromatic carbocycles. The van der Waals surface area contributed by atoms with Gasteiger partial charge in [-0.2, -0.15) is 0 Å². The molecular weight excluding hydrogens is 166 g/mol. The molecule has 1 atom stereocenters. The van der Waals surface area contributed by atoms with Gasteiger partial charge in [-0.1, -0.05) is 0 Å². The quantitative estimate of drug-likeness (QED) is 0.563. The Kier molecular flexibility index (Phi) is 1.96. The Hall–Kier alpha value is 0.870. The first-order chi connectivity index (χ1) is 3.67. The molecular formula is C5H7Cl3. The van der Waals surface area contributed by atoms with Gasteiger partial charge >= 0.3 is 0 Å². The van der Waals surface area contributed by atoms with Crippen LogP contribution in [0.25, 0.3) is 0 Å². The smallest absolute Gasteiger partial charge is 0.121 e. The van der Waals surface area contributed by atoms with Crippen LogP contribution in [0, 0.1) is 5.92 Å². The molecule has 0 aromatic heterocycles. The molecule has 0 bridgehead atoms. The van der Waals surface area contributed by atoms with Crippen molar-refractivity contribution in [2.45, 2.75) is 17.2 Å². The van der Waals surface area contributed by atoms with Crippen molar-refractivity contribution < 1.29 is 0 Å². The highest BCUT2D eigenvalue weighted by atomic mass is 35.5. The fourth-order valence-electron chi connectivity index (χ4n) is 0.715. The third-order valence-electron chi connectivity index (χ3n) is 1.41. The molecule has 1 rings (SSSR count). The zero-order valence-electron chi connectivity index (χ0n) is 4.33. The lowest BCUT2D eigenvalue weighted by molar-refractivity contribution is 0.794. The molecule has 8 heavy (non-hydrogen) atoms. The highest BCUT2D eigenvalue weighted by Crippen LogP contribution is 2.54. The number of alkyl halides is 3. The predicted molar refractivity (Wildman–Crippen MR) is 37.9 cm³/mol. The minimum Gasteiger partial charge on any atom is -0.127 e. The van der Waals surface area contributed by atoms with Crippen molar-refractivity contribution in [3.63, 3.8) is 0 Å². The Morgan fingerprint density at radius 3 is 2.12 bits per heavy atom. The van der Waals surface area contributed by atoms with Gasteiger partial charge in [0.15, 0.2) is 0 Å². The van der Waals surface area contributed by atoms with Gasteiger partial charge in [0.25, 0.3) is 0 Å². The van der Waals surface area contributed by atoms with E-state index in [1.807, 2.05) is 0 Å². The van der Waals surface area contributed by atoms with E-state index in [1.165, 1.54) is 0 Å². The van der Waals surface area contributed by atoms with Crippen LogP contribution in [0.1, 0.15) is 12.8 Å². The molecule has 0 saturated heterocycles. The molecule has 1 saturated carbocycles. The molecule has 1 unspecified atom stereocenters. The Morgan fingerprint density at radius 2 is 2.00 bits per heavy atom. The normalized spacial score (nSPS) is 32.6. The lowest BCUT2D eigenvalue weighted by atomic mass is 10.3. The van der Waals surface area contributed by atoms with Crippen molar-refractivity contribution in [2.75, 3.05) is 5.88 Å². The first kappa shape index (κ1) is 6.98. The Bertz CT molecular complexity index is 89.7. The molecule has 0 spiro atoms. The number of hydrogen-bond acceptors (Lipinski definition) is 0. The van der Waals surface area contributed by atoms with Gasteiger partial charge in [-0.05, 0) is 18.8 Å². The van der Waals surface area contributed by atoms with Crippen LogP contribution in [0.15, 0.2) is 0 Å². The molecule has 48 valence electrons. The van der Waals surface area contributed by atoms with Gasteiger partial charge in [-0.25, -0.2) is 0 Å². The third kappa shape index (κ3) is 1.43. The van der Waals surface area contributed by atoms with Crippen LogP contribution in [0.2, 0.25) is 0 Å². The van der Waals surface area contributed by atoms with Gasteiger partial charge in [-0.15, -0.1) is 34.8 Å². The van der Waals surface area contributed by atoms with Crippen molar-refractivity contribution >= 4 is 34.8 Å². The van der Waals surface area contributed by atoms with Crippen LogP contribution in [0.4, 0.5) is 0 Å². The van der Waals surface area contributed by atoms with Gasteiger partial charge in [0, 0.05) is 5.88 Å². The monoisotopic (exact) mass is 172 g/mol. The molecule has 0 amide bonds. The van der Waals surface area contributed by atoms with Gasteiger partial charge < -0.3 is 0 Å². The second-order valence-electron chi connectivity index (χ2n) is 2.14. The molecule has 0 aliphatic heterocycles. The van der Waals surface area contributed by atoms with Crippen molar-refractivity contribution in [3.05, 3.63) is 0 Å². The second-order valence-corrected chi connectivity index (χ2v) is 4.06. The fraction of sp³-hybridized carbons (Fsp3) is 1.00. The minimum atomic E-state index is -0.422. The van der Waals surface area contributed by atoms with Crippen LogP contribution in [-0.4, -0.2) is 10.2 Å². The van der Waals surface area contributed by atoms with E-state index in [-0.39, 0.29) is 0 Å². The van der Waals surface area contributed by atoms with Crippen LogP contribution in [0.5, 0.6) is 0 Å². The van der Waals surface area contributed by atoms with Gasteiger partial charge in [0.1, 0.15) is 4.33 Å². The maximum Gasteiger partial charge on any atom is 0.121 e. The first-order valence-corrected chi connectivity index (χ1v) is 3.89. The SMILES string of the molecule is ClCCC1CC1(Cl)Cl. The third-order valence-corrected chi connectivity index (χ3v) is 2.56. The maximum absolute atomic E-state index is 5.69. The van der Waals surface area contributed by atoms with E-state index in [4.69, 9.17) is 34.8 Å². The van der Waals surface area contributed by atoms with Crippen molar-refractivity contribution in [3.8, 4) is 0 Å². The summed E-state index contributed by atoms with van der Waals surface area (Å²) in [4.78, 5) is 0. The Balaban J connectivity index is 2.17. The Morgan fingerprint density at radius 1 is 1.50 bits per heavy atom. The van der Waals surface area contributed by atoms with Crippen LogP contribution in [-0.2, 0) is 0 Å². The molecule has 1 fully saturated rings. The summed E-state index contributed by atoms with van der Waals surface area (Å²) in [5, 5.41) is 0. The summed E-state index contributed by atoms with van der Waals surface area (Å²) in [5.74, 6) is 1.13. The fourth-order valence-corrected chi connectivity index (χ4v) is 1.57. The molecule has 0 aromatic rings. The summed E-state index contributed by atoms with van der Waals surface area (Å²) in [5.41, 5.74) is 0. The molecule has 0 nitrogen and oxygen atoms in total. The van der Waals surface area contributed by atoms with E-state index in [9.17, 15) is 0 Å². The van der Waals surface area contributed by atoms with Crippen molar-refractivity contribution in [1.82, 2.24) is 0 Å². The largest absolute Gasteiger partial charge is 0.127 e. The highest BCUT2D eigenvalue weighted by Gasteiger charge is 2.50. The lowest BCUT2D eigenvalue weighted by Crippen LogP contribution is -1.89. The van der Waals surface area contributed by atoms with Crippen LogP contribution in [0.3, 0.4) is 0 Å². The standard InChI is InChI=1S/C5H7Cl3/c6-2-1-4-3-5(4,7)8/h4H,1-3H2. The van der Waals surface area contributed by atoms with Gasteiger partial charge in [0.2, 0.25) is 0 Å². The zero-order chi connectivity index (χ0) is 6.20. The molecule has 0 N–H and O–H groups in total. The zero-order valence-corrected chi connectivity index (χ0v) is 6.60.